The van der Waals surface area contributed by atoms with Crippen LogP contribution in [-0.4, -0.2) is 18.1 Å². The van der Waals surface area contributed by atoms with Gasteiger partial charge in [0.15, 0.2) is 0 Å². The van der Waals surface area contributed by atoms with Crippen molar-refractivity contribution in [1.82, 2.24) is 5.43 Å². The molecule has 2 aromatic rings. The number of rotatable bonds is 5. The zero-order chi connectivity index (χ0) is 19.1. The van der Waals surface area contributed by atoms with E-state index in [1.807, 2.05) is 6.07 Å². The highest BCUT2D eigenvalue weighted by Crippen LogP contribution is 2.23. The van der Waals surface area contributed by atoms with Gasteiger partial charge < -0.3 is 4.74 Å². The number of carbonyl (C=O) groups excluding carboxylic acids is 2. The van der Waals surface area contributed by atoms with Crippen molar-refractivity contribution < 1.29 is 14.3 Å². The van der Waals surface area contributed by atoms with Crippen molar-refractivity contribution in [1.29, 1.82) is 0 Å². The second-order valence-corrected chi connectivity index (χ2v) is 7.45. The normalized spacial score (nSPS) is 14.9. The lowest BCUT2D eigenvalue weighted by molar-refractivity contribution is -0.125. The second kappa shape index (κ2) is 9.46. The Morgan fingerprint density at radius 2 is 1.81 bits per heavy atom. The van der Waals surface area contributed by atoms with E-state index in [9.17, 15) is 9.59 Å². The lowest BCUT2D eigenvalue weighted by Crippen LogP contribution is -2.28. The van der Waals surface area contributed by atoms with Gasteiger partial charge in [0.1, 0.15) is 5.75 Å². The summed E-state index contributed by atoms with van der Waals surface area (Å²) in [7, 11) is 0. The molecule has 3 rings (SSSR count). The topological polar surface area (TPSA) is 67.8 Å². The van der Waals surface area contributed by atoms with Crippen LogP contribution in [0, 0.1) is 5.92 Å². The molecule has 27 heavy (non-hydrogen) atoms. The van der Waals surface area contributed by atoms with Crippen LogP contribution in [-0.2, 0) is 4.79 Å². The van der Waals surface area contributed by atoms with Crippen LogP contribution in [0.2, 0.25) is 0 Å². The Morgan fingerprint density at radius 1 is 1.07 bits per heavy atom. The highest BCUT2D eigenvalue weighted by molar-refractivity contribution is 9.10. The molecule has 1 aliphatic rings. The quantitative estimate of drug-likeness (QED) is 0.324. The Kier molecular flexibility index (Phi) is 6.76. The first kappa shape index (κ1) is 19.3. The van der Waals surface area contributed by atoms with Gasteiger partial charge in [-0.2, -0.15) is 5.10 Å². The molecule has 0 saturated heterocycles. The van der Waals surface area contributed by atoms with Gasteiger partial charge in [0.2, 0.25) is 5.91 Å². The van der Waals surface area contributed by atoms with Crippen LogP contribution in [0.1, 0.15) is 48.0 Å². The summed E-state index contributed by atoms with van der Waals surface area (Å²) in [6, 6.07) is 14.0. The molecule has 1 amide bonds. The fraction of sp³-hybridized carbons (Fsp3) is 0.286. The average molecular weight is 429 g/mol. The van der Waals surface area contributed by atoms with Gasteiger partial charge in [0.05, 0.1) is 11.8 Å². The molecule has 0 unspecified atom stereocenters. The van der Waals surface area contributed by atoms with Gasteiger partial charge in [-0.1, -0.05) is 41.3 Å². The van der Waals surface area contributed by atoms with Crippen molar-refractivity contribution in [3.05, 3.63) is 64.1 Å². The summed E-state index contributed by atoms with van der Waals surface area (Å²) in [6.07, 6.45) is 6.91. The number of hydrogen-bond acceptors (Lipinski definition) is 4. The van der Waals surface area contributed by atoms with E-state index in [1.54, 1.807) is 48.7 Å². The van der Waals surface area contributed by atoms with Crippen LogP contribution in [0.5, 0.6) is 5.75 Å². The van der Waals surface area contributed by atoms with E-state index in [-0.39, 0.29) is 11.8 Å². The maximum atomic E-state index is 12.1. The van der Waals surface area contributed by atoms with Crippen LogP contribution in [0.3, 0.4) is 0 Å². The van der Waals surface area contributed by atoms with E-state index < -0.39 is 5.97 Å². The first-order valence-corrected chi connectivity index (χ1v) is 9.82. The molecule has 0 bridgehead atoms. The zero-order valence-corrected chi connectivity index (χ0v) is 16.4. The molecule has 6 heteroatoms. The molecule has 0 radical (unpaired) electrons. The number of nitrogens with one attached hydrogen (secondary N) is 1. The van der Waals surface area contributed by atoms with Crippen molar-refractivity contribution in [3.8, 4) is 5.75 Å². The molecule has 1 aliphatic carbocycles. The number of halogens is 1. The maximum absolute atomic E-state index is 12.1. The second-order valence-electron chi connectivity index (χ2n) is 6.54. The number of hydrogen-bond donors (Lipinski definition) is 1. The van der Waals surface area contributed by atoms with Gasteiger partial charge in [-0.15, -0.1) is 0 Å². The van der Waals surface area contributed by atoms with Gasteiger partial charge in [0.25, 0.3) is 0 Å². The predicted octanol–water partition coefficient (Wildman–Crippen LogP) is 4.70. The number of esters is 1. The van der Waals surface area contributed by atoms with Crippen LogP contribution < -0.4 is 10.2 Å². The smallest absolute Gasteiger partial charge is 0.343 e. The number of hydrazone groups is 1. The van der Waals surface area contributed by atoms with Crippen LogP contribution in [0.15, 0.2) is 58.1 Å². The summed E-state index contributed by atoms with van der Waals surface area (Å²) >= 11 is 3.33. The molecule has 1 fully saturated rings. The predicted molar refractivity (Wildman–Crippen MR) is 108 cm³/mol. The third-order valence-corrected chi connectivity index (χ3v) is 5.01. The summed E-state index contributed by atoms with van der Waals surface area (Å²) in [6.45, 7) is 0. The molecule has 140 valence electrons. The highest BCUT2D eigenvalue weighted by Gasteiger charge is 2.20. The van der Waals surface area contributed by atoms with Gasteiger partial charge in [-0.05, 0) is 60.9 Å². The summed E-state index contributed by atoms with van der Waals surface area (Å²) in [5, 5.41) is 4.03. The molecule has 2 aromatic carbocycles. The molecule has 0 aromatic heterocycles. The van der Waals surface area contributed by atoms with E-state index >= 15 is 0 Å². The minimum Gasteiger partial charge on any atom is -0.423 e. The van der Waals surface area contributed by atoms with Crippen molar-refractivity contribution in [2.75, 3.05) is 0 Å². The molecule has 0 spiro atoms. The molecule has 5 nitrogen and oxygen atoms in total. The first-order chi connectivity index (χ1) is 13.1. The van der Waals surface area contributed by atoms with E-state index in [4.69, 9.17) is 4.74 Å². The van der Waals surface area contributed by atoms with Gasteiger partial charge >= 0.3 is 5.97 Å². The van der Waals surface area contributed by atoms with Crippen molar-refractivity contribution >= 4 is 34.0 Å². The standard InChI is InChI=1S/C21H21BrN2O3/c22-18-8-4-7-17(13-18)21(26)27-19-11-9-15(10-12-19)14-23-24-20(25)16-5-2-1-3-6-16/h4,7-14,16H,1-3,5-6H2,(H,24,25)/b23-14+. The third-order valence-electron chi connectivity index (χ3n) is 4.52. The molecule has 0 heterocycles. The lowest BCUT2D eigenvalue weighted by atomic mass is 9.89. The number of carbonyl (C=O) groups is 2. The molecular formula is C21H21BrN2O3. The first-order valence-electron chi connectivity index (χ1n) is 9.02. The monoisotopic (exact) mass is 428 g/mol. The Bertz CT molecular complexity index is 828. The Hall–Kier alpha value is -2.47. The van der Waals surface area contributed by atoms with E-state index in [0.29, 0.717) is 11.3 Å². The number of amides is 1. The number of nitrogens with zero attached hydrogens (tertiary/aromatic N) is 1. The van der Waals surface area contributed by atoms with E-state index in [2.05, 4.69) is 26.5 Å². The molecule has 0 aliphatic heterocycles. The molecule has 1 saturated carbocycles. The summed E-state index contributed by atoms with van der Waals surface area (Å²) in [5.74, 6) is 0.0991. The van der Waals surface area contributed by atoms with Crippen molar-refractivity contribution in [2.24, 2.45) is 11.0 Å². The number of benzene rings is 2. The van der Waals surface area contributed by atoms with Gasteiger partial charge in [0, 0.05) is 10.4 Å². The number of ether oxygens (including phenoxy) is 1. The highest BCUT2D eigenvalue weighted by atomic mass is 79.9. The third kappa shape index (κ3) is 5.76. The SMILES string of the molecule is O=C(Oc1ccc(/C=N/NC(=O)C2CCCCC2)cc1)c1cccc(Br)c1. The van der Waals surface area contributed by atoms with Crippen LogP contribution >= 0.6 is 15.9 Å². The van der Waals surface area contributed by atoms with E-state index in [1.165, 1.54) is 6.42 Å². The fourth-order valence-electron chi connectivity index (χ4n) is 3.03. The summed E-state index contributed by atoms with van der Waals surface area (Å²) < 4.78 is 6.18. The Balaban J connectivity index is 1.52. The van der Waals surface area contributed by atoms with Crippen LogP contribution in [0.25, 0.3) is 0 Å². The summed E-state index contributed by atoms with van der Waals surface area (Å²) in [4.78, 5) is 24.2. The average Bonchev–Trinajstić information content (AvgIpc) is 2.70. The zero-order valence-electron chi connectivity index (χ0n) is 14.9. The lowest BCUT2D eigenvalue weighted by Gasteiger charge is -2.19. The van der Waals surface area contributed by atoms with Gasteiger partial charge in [-0.3, -0.25) is 4.79 Å². The molecule has 0 atom stereocenters. The minimum absolute atomic E-state index is 0.00878. The van der Waals surface area contributed by atoms with Gasteiger partial charge in [-0.25, -0.2) is 10.2 Å². The molecular weight excluding hydrogens is 408 g/mol. The van der Waals surface area contributed by atoms with Crippen molar-refractivity contribution in [2.45, 2.75) is 32.1 Å². The fourth-order valence-corrected chi connectivity index (χ4v) is 3.43. The maximum Gasteiger partial charge on any atom is 0.343 e. The largest absolute Gasteiger partial charge is 0.423 e. The van der Waals surface area contributed by atoms with Crippen LogP contribution in [0.4, 0.5) is 0 Å². The minimum atomic E-state index is -0.419. The Labute approximate surface area is 166 Å². The van der Waals surface area contributed by atoms with E-state index in [0.717, 1.165) is 35.7 Å². The molecule has 1 N–H and O–H groups in total. The summed E-state index contributed by atoms with van der Waals surface area (Å²) in [5.41, 5.74) is 3.89. The Morgan fingerprint density at radius 3 is 2.52 bits per heavy atom. The van der Waals surface area contributed by atoms with Crippen molar-refractivity contribution in [3.63, 3.8) is 0 Å².